The van der Waals surface area contributed by atoms with Crippen LogP contribution in [0.4, 0.5) is 0 Å². The van der Waals surface area contributed by atoms with Crippen molar-refractivity contribution >= 4 is 28.6 Å². The number of nitrogens with zero attached hydrogens (tertiary/aromatic N) is 2. The van der Waals surface area contributed by atoms with Crippen molar-refractivity contribution in [3.8, 4) is 0 Å². The van der Waals surface area contributed by atoms with Gasteiger partial charge in [0.1, 0.15) is 10.9 Å². The van der Waals surface area contributed by atoms with Crippen LogP contribution in [0.5, 0.6) is 0 Å². The number of aromatic nitrogens is 2. The van der Waals surface area contributed by atoms with E-state index in [9.17, 15) is 4.79 Å². The molecule has 0 spiro atoms. The van der Waals surface area contributed by atoms with Crippen LogP contribution in [-0.2, 0) is 11.2 Å². The molecule has 0 aliphatic heterocycles. The Labute approximate surface area is 153 Å². The highest BCUT2D eigenvalue weighted by Crippen LogP contribution is 2.30. The molecule has 2 aliphatic rings. The van der Waals surface area contributed by atoms with Crippen molar-refractivity contribution in [2.24, 2.45) is 5.92 Å². The number of benzene rings is 1. The molecule has 1 aromatic heterocycles. The molecule has 4 nitrogen and oxygen atoms in total. The van der Waals surface area contributed by atoms with Crippen LogP contribution in [-0.4, -0.2) is 27.7 Å². The van der Waals surface area contributed by atoms with Gasteiger partial charge in [0.2, 0.25) is 5.91 Å². The first-order chi connectivity index (χ1) is 12.3. The second-order valence-corrected chi connectivity index (χ2v) is 8.25. The molecule has 0 atom stereocenters. The first kappa shape index (κ1) is 16.8. The maximum absolute atomic E-state index is 12.0. The highest BCUT2D eigenvalue weighted by Gasteiger charge is 2.23. The van der Waals surface area contributed by atoms with E-state index < -0.39 is 0 Å². The third-order valence-electron chi connectivity index (χ3n) is 5.15. The number of para-hydroxylation sites is 1. The summed E-state index contributed by atoms with van der Waals surface area (Å²) in [6.45, 7) is 0. The van der Waals surface area contributed by atoms with E-state index in [0.717, 1.165) is 46.9 Å². The lowest BCUT2D eigenvalue weighted by Gasteiger charge is -2.11. The van der Waals surface area contributed by atoms with E-state index in [2.05, 4.69) is 11.4 Å². The molecule has 5 heteroatoms. The van der Waals surface area contributed by atoms with E-state index >= 15 is 0 Å². The molecular formula is C20H25N3OS. The average Bonchev–Trinajstić information content (AvgIpc) is 3.28. The molecule has 25 heavy (non-hydrogen) atoms. The molecule has 0 saturated heterocycles. The van der Waals surface area contributed by atoms with E-state index in [1.807, 2.05) is 18.2 Å². The lowest BCUT2D eigenvalue weighted by molar-refractivity contribution is -0.118. The summed E-state index contributed by atoms with van der Waals surface area (Å²) in [4.78, 5) is 21.6. The number of fused-ring (bicyclic) bond motifs is 1. The monoisotopic (exact) mass is 355 g/mol. The molecule has 2 saturated carbocycles. The van der Waals surface area contributed by atoms with E-state index in [4.69, 9.17) is 9.97 Å². The highest BCUT2D eigenvalue weighted by atomic mass is 32.2. The van der Waals surface area contributed by atoms with Crippen molar-refractivity contribution in [2.75, 3.05) is 5.75 Å². The van der Waals surface area contributed by atoms with Gasteiger partial charge in [-0.1, -0.05) is 55.6 Å². The number of amides is 1. The van der Waals surface area contributed by atoms with Gasteiger partial charge in [0.05, 0.1) is 11.3 Å². The third kappa shape index (κ3) is 4.51. The minimum atomic E-state index is 0.114. The van der Waals surface area contributed by atoms with Gasteiger partial charge in [0.25, 0.3) is 0 Å². The molecule has 0 bridgehead atoms. The molecule has 1 heterocycles. The topological polar surface area (TPSA) is 54.9 Å². The first-order valence-electron chi connectivity index (χ1n) is 9.46. The number of rotatable bonds is 7. The van der Waals surface area contributed by atoms with Gasteiger partial charge in [-0.2, -0.15) is 0 Å². The van der Waals surface area contributed by atoms with Crippen LogP contribution >= 0.6 is 11.8 Å². The van der Waals surface area contributed by atoms with Gasteiger partial charge in [0.15, 0.2) is 0 Å². The summed E-state index contributed by atoms with van der Waals surface area (Å²) in [5.41, 5.74) is 0.990. The van der Waals surface area contributed by atoms with Crippen molar-refractivity contribution in [1.29, 1.82) is 0 Å². The Bertz CT molecular complexity index is 754. The Morgan fingerprint density at radius 1 is 1.12 bits per heavy atom. The Balaban J connectivity index is 1.47. The largest absolute Gasteiger partial charge is 0.353 e. The third-order valence-corrected chi connectivity index (χ3v) is 6.14. The number of thioether (sulfide) groups is 1. The smallest absolute Gasteiger partial charge is 0.230 e. The van der Waals surface area contributed by atoms with Crippen LogP contribution in [0, 0.1) is 5.92 Å². The standard InChI is InChI=1S/C20H25N3OS/c24-19(21-15-10-11-15)13-25-20-16-7-3-4-8-17(16)22-18(23-20)12-9-14-5-1-2-6-14/h3-4,7-8,14-15H,1-2,5-6,9-13H2,(H,21,24). The molecule has 1 N–H and O–H groups in total. The minimum absolute atomic E-state index is 0.114. The molecule has 0 unspecified atom stereocenters. The predicted molar refractivity (Wildman–Crippen MR) is 102 cm³/mol. The van der Waals surface area contributed by atoms with E-state index in [0.29, 0.717) is 11.8 Å². The quantitative estimate of drug-likeness (QED) is 0.599. The van der Waals surface area contributed by atoms with Crippen molar-refractivity contribution < 1.29 is 4.79 Å². The van der Waals surface area contributed by atoms with Crippen LogP contribution in [0.2, 0.25) is 0 Å². The zero-order valence-corrected chi connectivity index (χ0v) is 15.4. The van der Waals surface area contributed by atoms with E-state index in [1.54, 1.807) is 0 Å². The van der Waals surface area contributed by atoms with Crippen LogP contribution in [0.1, 0.15) is 50.8 Å². The predicted octanol–water partition coefficient (Wildman–Crippen LogP) is 4.12. The van der Waals surface area contributed by atoms with Gasteiger partial charge in [-0.25, -0.2) is 9.97 Å². The summed E-state index contributed by atoms with van der Waals surface area (Å²) < 4.78 is 0. The SMILES string of the molecule is O=C(CSc1nc(CCC2CCCC2)nc2ccccc12)NC1CC1. The number of carbonyl (C=O) groups is 1. The summed E-state index contributed by atoms with van der Waals surface area (Å²) in [6.07, 6.45) is 9.84. The van der Waals surface area contributed by atoms with Crippen molar-refractivity contribution in [2.45, 2.75) is 62.4 Å². The van der Waals surface area contributed by atoms with Gasteiger partial charge in [0, 0.05) is 17.8 Å². The summed E-state index contributed by atoms with van der Waals surface area (Å²) in [5, 5.41) is 5.04. The highest BCUT2D eigenvalue weighted by molar-refractivity contribution is 8.00. The summed E-state index contributed by atoms with van der Waals surface area (Å²) in [5.74, 6) is 2.31. The Morgan fingerprint density at radius 2 is 1.92 bits per heavy atom. The number of nitrogens with one attached hydrogen (secondary N) is 1. The lowest BCUT2D eigenvalue weighted by atomic mass is 10.0. The summed E-state index contributed by atoms with van der Waals surface area (Å²) >= 11 is 1.54. The fourth-order valence-corrected chi connectivity index (χ4v) is 4.43. The average molecular weight is 356 g/mol. The molecule has 1 aromatic carbocycles. The van der Waals surface area contributed by atoms with Gasteiger partial charge in [-0.3, -0.25) is 4.79 Å². The maximum atomic E-state index is 12.0. The van der Waals surface area contributed by atoms with Crippen LogP contribution in [0.15, 0.2) is 29.3 Å². The zero-order valence-electron chi connectivity index (χ0n) is 14.5. The second-order valence-electron chi connectivity index (χ2n) is 7.28. The summed E-state index contributed by atoms with van der Waals surface area (Å²) in [6, 6.07) is 8.54. The zero-order chi connectivity index (χ0) is 17.1. The molecule has 1 amide bonds. The van der Waals surface area contributed by atoms with Gasteiger partial charge in [-0.15, -0.1) is 0 Å². The number of aryl methyl sites for hydroxylation is 1. The van der Waals surface area contributed by atoms with Crippen molar-refractivity contribution in [3.05, 3.63) is 30.1 Å². The normalized spacial score (nSPS) is 17.9. The number of carbonyl (C=O) groups excluding carboxylic acids is 1. The van der Waals surface area contributed by atoms with E-state index in [1.165, 1.54) is 43.9 Å². The van der Waals surface area contributed by atoms with Crippen LogP contribution < -0.4 is 5.32 Å². The van der Waals surface area contributed by atoms with Gasteiger partial charge < -0.3 is 5.32 Å². The number of hydrogen-bond donors (Lipinski definition) is 1. The minimum Gasteiger partial charge on any atom is -0.353 e. The molecule has 2 aliphatic carbocycles. The van der Waals surface area contributed by atoms with Crippen LogP contribution in [0.3, 0.4) is 0 Å². The van der Waals surface area contributed by atoms with Crippen molar-refractivity contribution in [3.63, 3.8) is 0 Å². The number of hydrogen-bond acceptors (Lipinski definition) is 4. The molecule has 132 valence electrons. The molecule has 2 fully saturated rings. The Morgan fingerprint density at radius 3 is 2.72 bits per heavy atom. The lowest BCUT2D eigenvalue weighted by Crippen LogP contribution is -2.27. The maximum Gasteiger partial charge on any atom is 0.230 e. The molecular weight excluding hydrogens is 330 g/mol. The second kappa shape index (κ2) is 7.73. The summed E-state index contributed by atoms with van der Waals surface area (Å²) in [7, 11) is 0. The van der Waals surface area contributed by atoms with E-state index in [-0.39, 0.29) is 5.91 Å². The molecule has 0 radical (unpaired) electrons. The fourth-order valence-electron chi connectivity index (χ4n) is 3.58. The Hall–Kier alpha value is -1.62. The van der Waals surface area contributed by atoms with Crippen LogP contribution in [0.25, 0.3) is 10.9 Å². The first-order valence-corrected chi connectivity index (χ1v) is 10.4. The molecule has 2 aromatic rings. The molecule has 4 rings (SSSR count). The fraction of sp³-hybridized carbons (Fsp3) is 0.550. The van der Waals surface area contributed by atoms with Gasteiger partial charge in [-0.05, 0) is 31.2 Å². The Kier molecular flexibility index (Phi) is 5.20. The van der Waals surface area contributed by atoms with Gasteiger partial charge >= 0.3 is 0 Å². The van der Waals surface area contributed by atoms with Crippen molar-refractivity contribution in [1.82, 2.24) is 15.3 Å².